The molecule has 0 unspecified atom stereocenters. The zero-order chi connectivity index (χ0) is 25.8. The van der Waals surface area contributed by atoms with Crippen LogP contribution >= 0.6 is 0 Å². The summed E-state index contributed by atoms with van der Waals surface area (Å²) >= 11 is 0. The Morgan fingerprint density at radius 2 is 1.83 bits per heavy atom. The SMILES string of the molecule is CN1CCC(NC(=O)c2cc(N(C)S(=O)(=O)c3ccc(F)cc3F)cc3c2CC(=O)C32CCC2)CC1. The number of rotatable bonds is 5. The summed E-state index contributed by atoms with van der Waals surface area (Å²) in [5, 5.41) is 3.07. The van der Waals surface area contributed by atoms with Gasteiger partial charge >= 0.3 is 0 Å². The molecular weight excluding hydrogens is 488 g/mol. The number of ketones is 1. The summed E-state index contributed by atoms with van der Waals surface area (Å²) in [6.07, 6.45) is 3.91. The molecule has 2 fully saturated rings. The molecule has 1 N–H and O–H groups in total. The maximum atomic E-state index is 14.4. The highest BCUT2D eigenvalue weighted by molar-refractivity contribution is 7.92. The largest absolute Gasteiger partial charge is 0.349 e. The van der Waals surface area contributed by atoms with Gasteiger partial charge in [-0.3, -0.25) is 13.9 Å². The summed E-state index contributed by atoms with van der Waals surface area (Å²) in [6, 6.07) is 5.38. The molecule has 3 aliphatic rings. The van der Waals surface area contributed by atoms with Gasteiger partial charge in [-0.15, -0.1) is 0 Å². The van der Waals surface area contributed by atoms with E-state index >= 15 is 0 Å². The summed E-state index contributed by atoms with van der Waals surface area (Å²) in [5.74, 6) is -2.38. The number of nitrogens with one attached hydrogen (secondary N) is 1. The Hall–Kier alpha value is -2.85. The standard InChI is InChI=1S/C26H29F2N3O4S/c1-30-10-6-17(7-11-30)29-25(33)20-13-18(14-21-19(20)15-24(32)26(21)8-3-9-26)31(2)36(34,35)23-5-4-16(27)12-22(23)28/h4-5,12-14,17H,3,6-11,15H2,1-2H3,(H,29,33). The number of hydrogen-bond donors (Lipinski definition) is 1. The number of anilines is 1. The molecule has 2 aliphatic carbocycles. The van der Waals surface area contributed by atoms with Crippen molar-refractivity contribution < 1.29 is 26.8 Å². The Kier molecular flexibility index (Phi) is 6.15. The Morgan fingerprint density at radius 1 is 1.14 bits per heavy atom. The molecule has 192 valence electrons. The van der Waals surface area contributed by atoms with Crippen LogP contribution in [0.25, 0.3) is 0 Å². The number of likely N-dealkylation sites (tertiary alicyclic amines) is 1. The molecule has 2 aromatic rings. The van der Waals surface area contributed by atoms with Gasteiger partial charge in [-0.05, 0) is 81.2 Å². The third-order valence-corrected chi connectivity index (χ3v) is 9.84. The summed E-state index contributed by atoms with van der Waals surface area (Å²) in [5.41, 5.74) is 1.07. The van der Waals surface area contributed by atoms with Crippen molar-refractivity contribution in [3.8, 4) is 0 Å². The van der Waals surface area contributed by atoms with E-state index in [1.807, 2.05) is 7.05 Å². The van der Waals surface area contributed by atoms with E-state index in [2.05, 4.69) is 10.2 Å². The number of amides is 1. The van der Waals surface area contributed by atoms with Crippen molar-refractivity contribution in [1.82, 2.24) is 10.2 Å². The van der Waals surface area contributed by atoms with Crippen molar-refractivity contribution in [3.63, 3.8) is 0 Å². The van der Waals surface area contributed by atoms with Crippen LogP contribution in [0.4, 0.5) is 14.5 Å². The molecule has 1 aliphatic heterocycles. The van der Waals surface area contributed by atoms with Crippen LogP contribution in [0, 0.1) is 11.6 Å². The smallest absolute Gasteiger partial charge is 0.266 e. The molecule has 36 heavy (non-hydrogen) atoms. The molecule has 7 nitrogen and oxygen atoms in total. The van der Waals surface area contributed by atoms with Gasteiger partial charge in [0.2, 0.25) is 0 Å². The van der Waals surface area contributed by atoms with E-state index in [1.165, 1.54) is 13.1 Å². The van der Waals surface area contributed by atoms with Crippen molar-refractivity contribution in [1.29, 1.82) is 0 Å². The van der Waals surface area contributed by atoms with Gasteiger partial charge in [0, 0.05) is 31.1 Å². The first-order valence-corrected chi connectivity index (χ1v) is 13.6. The van der Waals surface area contributed by atoms with E-state index in [1.54, 1.807) is 6.07 Å². The lowest BCUT2D eigenvalue weighted by atomic mass is 9.64. The molecule has 2 aromatic carbocycles. The molecule has 1 saturated heterocycles. The van der Waals surface area contributed by atoms with Crippen molar-refractivity contribution in [2.45, 2.75) is 54.9 Å². The lowest BCUT2D eigenvalue weighted by Crippen LogP contribution is -2.43. The Labute approximate surface area is 209 Å². The highest BCUT2D eigenvalue weighted by Crippen LogP contribution is 2.52. The lowest BCUT2D eigenvalue weighted by Gasteiger charge is -2.38. The number of carbonyl (C=O) groups excluding carboxylic acids is 2. The molecule has 5 rings (SSSR count). The van der Waals surface area contributed by atoms with Crippen molar-refractivity contribution in [3.05, 3.63) is 58.7 Å². The van der Waals surface area contributed by atoms with Gasteiger partial charge in [-0.2, -0.15) is 0 Å². The minimum atomic E-state index is -4.40. The van der Waals surface area contributed by atoms with Crippen molar-refractivity contribution >= 4 is 27.4 Å². The van der Waals surface area contributed by atoms with E-state index in [4.69, 9.17) is 0 Å². The third-order valence-electron chi connectivity index (χ3n) is 8.02. The Bertz CT molecular complexity index is 1350. The van der Waals surface area contributed by atoms with E-state index in [0.29, 0.717) is 30.0 Å². The third kappa shape index (κ3) is 4.00. The number of benzene rings is 2. The van der Waals surface area contributed by atoms with E-state index in [0.717, 1.165) is 48.8 Å². The first-order valence-electron chi connectivity index (χ1n) is 12.2. The average Bonchev–Trinajstić information content (AvgIpc) is 3.11. The molecule has 1 amide bonds. The molecule has 0 atom stereocenters. The number of piperidine rings is 1. The molecular formula is C26H29F2N3O4S. The monoisotopic (exact) mass is 517 g/mol. The van der Waals surface area contributed by atoms with Crippen LogP contribution in [-0.2, 0) is 26.7 Å². The number of sulfonamides is 1. The molecule has 1 saturated carbocycles. The number of carbonyl (C=O) groups is 2. The number of hydrogen-bond acceptors (Lipinski definition) is 5. The normalized spacial score (nSPS) is 19.7. The zero-order valence-electron chi connectivity index (χ0n) is 20.3. The highest BCUT2D eigenvalue weighted by Gasteiger charge is 2.51. The Balaban J connectivity index is 1.56. The molecule has 10 heteroatoms. The van der Waals surface area contributed by atoms with Gasteiger partial charge in [0.1, 0.15) is 22.3 Å². The molecule has 1 heterocycles. The maximum Gasteiger partial charge on any atom is 0.266 e. The molecule has 1 spiro atoms. The summed E-state index contributed by atoms with van der Waals surface area (Å²) in [7, 11) is -1.11. The second-order valence-electron chi connectivity index (χ2n) is 10.2. The topological polar surface area (TPSA) is 86.8 Å². The highest BCUT2D eigenvalue weighted by atomic mass is 32.2. The van der Waals surface area contributed by atoms with Crippen LogP contribution in [0.1, 0.15) is 53.6 Å². The Morgan fingerprint density at radius 3 is 2.44 bits per heavy atom. The fourth-order valence-electron chi connectivity index (χ4n) is 5.60. The first-order chi connectivity index (χ1) is 17.0. The summed E-state index contributed by atoms with van der Waals surface area (Å²) in [4.78, 5) is 28.0. The van der Waals surface area contributed by atoms with Gasteiger partial charge in [0.05, 0.1) is 11.1 Å². The van der Waals surface area contributed by atoms with Gasteiger partial charge in [-0.1, -0.05) is 6.42 Å². The predicted molar refractivity (Wildman–Crippen MR) is 131 cm³/mol. The minimum absolute atomic E-state index is 0.0162. The van der Waals surface area contributed by atoms with Gasteiger partial charge in [-0.25, -0.2) is 17.2 Å². The van der Waals surface area contributed by atoms with E-state index in [9.17, 15) is 26.8 Å². The van der Waals surface area contributed by atoms with Crippen LogP contribution in [0.5, 0.6) is 0 Å². The second-order valence-corrected chi connectivity index (χ2v) is 12.1. The summed E-state index contributed by atoms with van der Waals surface area (Å²) < 4.78 is 55.3. The average molecular weight is 518 g/mol. The number of nitrogens with zero attached hydrogens (tertiary/aromatic N) is 2. The van der Waals surface area contributed by atoms with Crippen LogP contribution in [0.15, 0.2) is 35.2 Å². The maximum absolute atomic E-state index is 14.4. The van der Waals surface area contributed by atoms with E-state index in [-0.39, 0.29) is 35.4 Å². The molecule has 0 radical (unpaired) electrons. The first kappa shape index (κ1) is 24.8. The summed E-state index contributed by atoms with van der Waals surface area (Å²) in [6.45, 7) is 1.71. The fraction of sp³-hybridized carbons (Fsp3) is 0.462. The second kappa shape index (κ2) is 8.92. The van der Waals surface area contributed by atoms with Gasteiger partial charge < -0.3 is 10.2 Å². The predicted octanol–water partition coefficient (Wildman–Crippen LogP) is 3.16. The fourth-order valence-corrected chi connectivity index (χ4v) is 6.83. The van der Waals surface area contributed by atoms with Crippen LogP contribution < -0.4 is 9.62 Å². The van der Waals surface area contributed by atoms with Gasteiger partial charge in [0.25, 0.3) is 15.9 Å². The number of halogens is 2. The van der Waals surface area contributed by atoms with Crippen molar-refractivity contribution in [2.24, 2.45) is 0 Å². The minimum Gasteiger partial charge on any atom is -0.349 e. The van der Waals surface area contributed by atoms with Crippen LogP contribution in [0.3, 0.4) is 0 Å². The van der Waals surface area contributed by atoms with Crippen LogP contribution in [-0.4, -0.2) is 58.2 Å². The van der Waals surface area contributed by atoms with E-state index < -0.39 is 32.0 Å². The number of fused-ring (bicyclic) bond motifs is 2. The van der Waals surface area contributed by atoms with Crippen molar-refractivity contribution in [2.75, 3.05) is 31.5 Å². The molecule has 0 aromatic heterocycles. The zero-order valence-corrected chi connectivity index (χ0v) is 21.1. The lowest BCUT2D eigenvalue weighted by molar-refractivity contribution is -0.125. The quantitative estimate of drug-likeness (QED) is 0.659. The van der Waals surface area contributed by atoms with Crippen LogP contribution in [0.2, 0.25) is 0 Å². The number of Topliss-reactive ketones (excluding diaryl/α,β-unsaturated/α-hetero) is 1. The van der Waals surface area contributed by atoms with Gasteiger partial charge in [0.15, 0.2) is 0 Å². The molecule has 0 bridgehead atoms.